The molecule has 0 aliphatic rings. The molecule has 0 radical (unpaired) electrons. The Bertz CT molecular complexity index is 960. The van der Waals surface area contributed by atoms with E-state index in [0.29, 0.717) is 0 Å². The van der Waals surface area contributed by atoms with Crippen LogP contribution in [0.3, 0.4) is 0 Å². The summed E-state index contributed by atoms with van der Waals surface area (Å²) in [5, 5.41) is 5.59. The maximum atomic E-state index is 4.93. The van der Waals surface area contributed by atoms with Gasteiger partial charge >= 0.3 is 0 Å². The Morgan fingerprint density at radius 3 is 1.18 bits per heavy atom. The number of benzene rings is 4. The zero-order chi connectivity index (χ0) is 19.2. The van der Waals surface area contributed by atoms with Crippen LogP contribution in [0.25, 0.3) is 0 Å². The summed E-state index contributed by atoms with van der Waals surface area (Å²) in [5.74, 6) is 1.07. The first kappa shape index (κ1) is 18.9. The first-order valence-corrected chi connectivity index (χ1v) is 13.2. The van der Waals surface area contributed by atoms with Crippen LogP contribution in [0, 0.1) is 0 Å². The van der Waals surface area contributed by atoms with E-state index < -0.39 is 14.8 Å². The maximum Gasteiger partial charge on any atom is 0.00291 e. The van der Waals surface area contributed by atoms with Gasteiger partial charge < -0.3 is 0 Å². The molecule has 0 fully saturated rings. The minimum absolute atomic E-state index is 0.499. The van der Waals surface area contributed by atoms with Crippen molar-refractivity contribution in [3.8, 4) is 0 Å². The van der Waals surface area contributed by atoms with Crippen molar-refractivity contribution in [1.82, 2.24) is 0 Å². The van der Waals surface area contributed by atoms with Crippen molar-refractivity contribution in [2.24, 2.45) is 0 Å². The highest BCUT2D eigenvalue weighted by molar-refractivity contribution is 7.96. The molecule has 0 N–H and O–H groups in total. The quantitative estimate of drug-likeness (QED) is 0.393. The average molecular weight is 398 g/mol. The molecule has 4 aromatic rings. The van der Waals surface area contributed by atoms with E-state index in [1.165, 1.54) is 21.2 Å². The summed E-state index contributed by atoms with van der Waals surface area (Å²) >= 11 is 0. The lowest BCUT2D eigenvalue weighted by Crippen LogP contribution is -2.23. The van der Waals surface area contributed by atoms with Crippen LogP contribution in [0.2, 0.25) is 0 Å². The van der Waals surface area contributed by atoms with Crippen molar-refractivity contribution in [1.29, 1.82) is 0 Å². The molecule has 28 heavy (non-hydrogen) atoms. The van der Waals surface area contributed by atoms with Crippen LogP contribution in [0.1, 0.15) is 0 Å². The highest BCUT2D eigenvalue weighted by Crippen LogP contribution is 2.54. The molecule has 0 saturated heterocycles. The Kier molecular flexibility index (Phi) is 5.92. The van der Waals surface area contributed by atoms with Gasteiger partial charge in [-0.1, -0.05) is 135 Å². The smallest absolute Gasteiger partial charge is 0.00291 e. The minimum Gasteiger partial charge on any atom is -0.0923 e. The van der Waals surface area contributed by atoms with Gasteiger partial charge in [-0.2, -0.15) is 0 Å². The topological polar surface area (TPSA) is 0 Å². The van der Waals surface area contributed by atoms with Gasteiger partial charge in [0.2, 0.25) is 0 Å². The third-order valence-electron chi connectivity index (χ3n) is 5.02. The molecule has 0 bridgehead atoms. The Morgan fingerprint density at radius 2 is 0.821 bits per heavy atom. The third-order valence-corrected chi connectivity index (χ3v) is 12.5. The molecular weight excluding hydrogens is 374 g/mol. The second kappa shape index (κ2) is 8.74. The minimum atomic E-state index is -1.78. The third kappa shape index (κ3) is 4.05. The predicted molar refractivity (Wildman–Crippen MR) is 130 cm³/mol. The summed E-state index contributed by atoms with van der Waals surface area (Å²) in [6, 6.07) is 43.7. The van der Waals surface area contributed by atoms with Gasteiger partial charge in [-0.05, 0) is 29.1 Å². The van der Waals surface area contributed by atoms with Crippen molar-refractivity contribution in [3.63, 3.8) is 0 Å². The van der Waals surface area contributed by atoms with Gasteiger partial charge in [-0.3, -0.25) is 0 Å². The zero-order valence-corrected chi connectivity index (χ0v) is 17.6. The van der Waals surface area contributed by atoms with Gasteiger partial charge in [0, 0.05) is 5.90 Å². The molecular formula is C26H24P2. The molecule has 138 valence electrons. The lowest BCUT2D eigenvalue weighted by atomic mass is 10.4. The molecule has 0 aliphatic carbocycles. The molecule has 0 aliphatic heterocycles. The Hall–Kier alpha value is -2.39. The molecule has 4 rings (SSSR count). The maximum absolute atomic E-state index is 4.93. The van der Waals surface area contributed by atoms with Crippen LogP contribution >= 0.6 is 14.8 Å². The van der Waals surface area contributed by atoms with Crippen molar-refractivity contribution in [2.45, 2.75) is 0 Å². The van der Waals surface area contributed by atoms with E-state index in [9.17, 15) is 0 Å². The van der Waals surface area contributed by atoms with Crippen LogP contribution in [-0.2, 0) is 0 Å². The zero-order valence-electron chi connectivity index (χ0n) is 15.9. The summed E-state index contributed by atoms with van der Waals surface area (Å²) in [6.45, 7) is -1.78. The fourth-order valence-electron chi connectivity index (χ4n) is 3.51. The van der Waals surface area contributed by atoms with E-state index in [2.05, 4.69) is 121 Å². The van der Waals surface area contributed by atoms with Crippen LogP contribution in [0.15, 0.2) is 121 Å². The first-order valence-electron chi connectivity index (χ1n) is 9.49. The number of rotatable bonds is 6. The molecule has 0 spiro atoms. The molecule has 0 nitrogen and oxygen atoms in total. The van der Waals surface area contributed by atoms with Crippen LogP contribution < -0.4 is 21.2 Å². The van der Waals surface area contributed by atoms with Gasteiger partial charge in [0.1, 0.15) is 0 Å². The molecule has 0 heterocycles. The van der Waals surface area contributed by atoms with Gasteiger partial charge in [0.15, 0.2) is 0 Å². The molecule has 0 atom stereocenters. The molecule has 0 unspecified atom stereocenters. The highest BCUT2D eigenvalue weighted by Gasteiger charge is 2.26. The summed E-state index contributed by atoms with van der Waals surface area (Å²) in [5.41, 5.74) is 0. The monoisotopic (exact) mass is 398 g/mol. The van der Waals surface area contributed by atoms with Crippen LogP contribution in [0.4, 0.5) is 0 Å². The molecule has 0 amide bonds. The average Bonchev–Trinajstić information content (AvgIpc) is 2.80. The predicted octanol–water partition coefficient (Wildman–Crippen LogP) is 5.18. The van der Waals surface area contributed by atoms with Gasteiger partial charge in [-0.15, -0.1) is 0 Å². The first-order chi connectivity index (χ1) is 13.8. The molecule has 0 aromatic heterocycles. The number of hydrogen-bond acceptors (Lipinski definition) is 0. The van der Waals surface area contributed by atoms with Crippen molar-refractivity contribution >= 4 is 42.3 Å². The fraction of sp³-hybridized carbons (Fsp3) is 0.0385. The van der Waals surface area contributed by atoms with E-state index >= 15 is 0 Å². The largest absolute Gasteiger partial charge is 0.0923 e. The highest BCUT2D eigenvalue weighted by atomic mass is 31.2. The summed E-state index contributed by atoms with van der Waals surface area (Å²) in [4.78, 5) is 0. The molecule has 4 aromatic carbocycles. The lowest BCUT2D eigenvalue weighted by Gasteiger charge is -2.31. The number of hydrogen-bond donors (Lipinski definition) is 0. The van der Waals surface area contributed by atoms with E-state index in [1.807, 2.05) is 0 Å². The van der Waals surface area contributed by atoms with Crippen LogP contribution in [0.5, 0.6) is 0 Å². The standard InChI is InChI=1S/C26H24P2/c1-28(25-18-10-4-11-19-25,26-20-12-5-13-21-26)22-27(23-14-6-2-7-15-23)24-16-8-3-9-17-24/h2-21H,1,22H2. The Morgan fingerprint density at radius 1 is 0.500 bits per heavy atom. The van der Waals surface area contributed by atoms with E-state index in [4.69, 9.17) is 6.30 Å². The van der Waals surface area contributed by atoms with Crippen molar-refractivity contribution in [3.05, 3.63) is 121 Å². The van der Waals surface area contributed by atoms with Gasteiger partial charge in [0.25, 0.3) is 0 Å². The molecule has 2 heteroatoms. The Labute approximate surface area is 169 Å². The Balaban J connectivity index is 1.85. The van der Waals surface area contributed by atoms with E-state index in [0.717, 1.165) is 5.90 Å². The van der Waals surface area contributed by atoms with Crippen molar-refractivity contribution < 1.29 is 0 Å². The van der Waals surface area contributed by atoms with Crippen LogP contribution in [-0.4, -0.2) is 12.2 Å². The molecule has 0 saturated carbocycles. The normalized spacial score (nSPS) is 11.5. The van der Waals surface area contributed by atoms with E-state index in [-0.39, 0.29) is 0 Å². The second-order valence-electron chi connectivity index (χ2n) is 6.88. The second-order valence-corrected chi connectivity index (χ2v) is 12.9. The SMILES string of the molecule is C=P(CP(c1ccccc1)c1ccccc1)(c1ccccc1)c1ccccc1. The van der Waals surface area contributed by atoms with Gasteiger partial charge in [0.05, 0.1) is 0 Å². The summed E-state index contributed by atoms with van der Waals surface area (Å²) < 4.78 is 0. The van der Waals surface area contributed by atoms with Crippen molar-refractivity contribution in [2.75, 3.05) is 5.90 Å². The fourth-order valence-corrected chi connectivity index (χ4v) is 11.2. The van der Waals surface area contributed by atoms with Gasteiger partial charge in [-0.25, -0.2) is 0 Å². The van der Waals surface area contributed by atoms with E-state index in [1.54, 1.807) is 0 Å². The lowest BCUT2D eigenvalue weighted by molar-refractivity contribution is 1.73. The summed E-state index contributed by atoms with van der Waals surface area (Å²) in [6.07, 6.45) is 4.93. The summed E-state index contributed by atoms with van der Waals surface area (Å²) in [7, 11) is -0.499.